The molecule has 8 heteroatoms. The van der Waals surface area contributed by atoms with Gasteiger partial charge in [-0.15, -0.1) is 6.58 Å². The number of benzene rings is 2. The lowest BCUT2D eigenvalue weighted by Crippen LogP contribution is -2.54. The summed E-state index contributed by atoms with van der Waals surface area (Å²) in [5.41, 5.74) is 0.707. The van der Waals surface area contributed by atoms with Crippen LogP contribution < -0.4 is 15.0 Å². The van der Waals surface area contributed by atoms with Crippen LogP contribution in [0, 0.1) is 5.82 Å². The lowest BCUT2D eigenvalue weighted by molar-refractivity contribution is -0.122. The molecule has 0 unspecified atom stereocenters. The number of allylic oxidation sites excluding steroid dienone is 1. The maximum Gasteiger partial charge on any atom is 0.335 e. The molecule has 1 aliphatic rings. The number of anilines is 1. The molecule has 1 aliphatic heterocycles. The molecule has 1 fully saturated rings. The number of methoxy groups -OCH3 is 1. The van der Waals surface area contributed by atoms with Crippen molar-refractivity contribution in [3.63, 3.8) is 0 Å². The minimum atomic E-state index is -0.931. The number of hydrogen-bond acceptors (Lipinski definition) is 5. The minimum absolute atomic E-state index is 0.0721. The number of hydrogen-bond donors (Lipinski definition) is 2. The Morgan fingerprint density at radius 2 is 1.90 bits per heavy atom. The van der Waals surface area contributed by atoms with Crippen molar-refractivity contribution in [2.45, 2.75) is 6.42 Å². The van der Waals surface area contributed by atoms with Gasteiger partial charge in [0.05, 0.1) is 12.8 Å². The van der Waals surface area contributed by atoms with Crippen molar-refractivity contribution in [3.8, 4) is 11.5 Å². The van der Waals surface area contributed by atoms with Crippen LogP contribution in [-0.2, 0) is 16.0 Å². The van der Waals surface area contributed by atoms with Crippen LogP contribution in [-0.4, -0.2) is 30.1 Å². The molecule has 0 atom stereocenters. The Morgan fingerprint density at radius 1 is 1.21 bits per heavy atom. The van der Waals surface area contributed by atoms with Crippen molar-refractivity contribution in [3.05, 3.63) is 71.6 Å². The first-order valence-electron chi connectivity index (χ1n) is 8.53. The van der Waals surface area contributed by atoms with Crippen molar-refractivity contribution in [2.24, 2.45) is 0 Å². The predicted octanol–water partition coefficient (Wildman–Crippen LogP) is 2.93. The summed E-state index contributed by atoms with van der Waals surface area (Å²) in [6.45, 7) is 3.62. The average molecular weight is 396 g/mol. The molecule has 0 aromatic heterocycles. The Kier molecular flexibility index (Phi) is 5.45. The molecular formula is C21H17FN2O5. The summed E-state index contributed by atoms with van der Waals surface area (Å²) in [5.74, 6) is -2.17. The molecule has 3 rings (SSSR count). The van der Waals surface area contributed by atoms with Gasteiger partial charge >= 0.3 is 6.03 Å². The third kappa shape index (κ3) is 3.86. The summed E-state index contributed by atoms with van der Waals surface area (Å²) in [5, 5.41) is 12.3. The van der Waals surface area contributed by atoms with Crippen LogP contribution in [0.25, 0.3) is 6.08 Å². The van der Waals surface area contributed by atoms with Gasteiger partial charge in [0, 0.05) is 5.56 Å². The normalized spacial score (nSPS) is 15.4. The van der Waals surface area contributed by atoms with Crippen LogP contribution >= 0.6 is 0 Å². The Labute approximate surface area is 165 Å². The number of urea groups is 1. The number of halogens is 1. The zero-order valence-corrected chi connectivity index (χ0v) is 15.4. The molecule has 148 valence electrons. The zero-order valence-electron chi connectivity index (χ0n) is 15.4. The number of imide groups is 2. The number of carbonyl (C=O) groups is 3. The third-order valence-corrected chi connectivity index (χ3v) is 4.26. The topological polar surface area (TPSA) is 95.9 Å². The first kappa shape index (κ1) is 19.8. The van der Waals surface area contributed by atoms with Crippen LogP contribution in [0.1, 0.15) is 11.1 Å². The van der Waals surface area contributed by atoms with Gasteiger partial charge in [-0.3, -0.25) is 14.9 Å². The second-order valence-corrected chi connectivity index (χ2v) is 6.16. The van der Waals surface area contributed by atoms with Gasteiger partial charge in [-0.25, -0.2) is 14.1 Å². The van der Waals surface area contributed by atoms with E-state index in [-0.39, 0.29) is 22.8 Å². The van der Waals surface area contributed by atoms with Crippen molar-refractivity contribution in [1.82, 2.24) is 5.32 Å². The maximum atomic E-state index is 13.2. The SMILES string of the molecule is C=CCc1cc(C=C2C(=O)NC(=O)N(c3ccc(F)cc3)C2=O)cc(OC)c1O. The zero-order chi connectivity index (χ0) is 21.1. The number of nitrogens with zero attached hydrogens (tertiary/aromatic N) is 1. The molecular weight excluding hydrogens is 379 g/mol. The first-order valence-corrected chi connectivity index (χ1v) is 8.53. The predicted molar refractivity (Wildman–Crippen MR) is 104 cm³/mol. The van der Waals surface area contributed by atoms with Gasteiger partial charge in [-0.1, -0.05) is 6.08 Å². The van der Waals surface area contributed by atoms with Crippen LogP contribution in [0.2, 0.25) is 0 Å². The molecule has 1 saturated heterocycles. The Hall–Kier alpha value is -3.94. The van der Waals surface area contributed by atoms with E-state index in [0.29, 0.717) is 17.5 Å². The molecule has 1 heterocycles. The number of phenols is 1. The van der Waals surface area contributed by atoms with E-state index in [2.05, 4.69) is 11.9 Å². The van der Waals surface area contributed by atoms with Crippen LogP contribution in [0.15, 0.2) is 54.6 Å². The van der Waals surface area contributed by atoms with Gasteiger partial charge < -0.3 is 9.84 Å². The van der Waals surface area contributed by atoms with Crippen LogP contribution in [0.5, 0.6) is 11.5 Å². The van der Waals surface area contributed by atoms with Gasteiger partial charge in [-0.2, -0.15) is 0 Å². The van der Waals surface area contributed by atoms with E-state index >= 15 is 0 Å². The number of amides is 4. The van der Waals surface area contributed by atoms with Crippen LogP contribution in [0.3, 0.4) is 0 Å². The molecule has 4 amide bonds. The Bertz CT molecular complexity index is 1040. The van der Waals surface area contributed by atoms with E-state index in [9.17, 15) is 23.9 Å². The second kappa shape index (κ2) is 7.97. The van der Waals surface area contributed by atoms with E-state index in [4.69, 9.17) is 4.74 Å². The Morgan fingerprint density at radius 3 is 2.52 bits per heavy atom. The van der Waals surface area contributed by atoms with E-state index in [1.165, 1.54) is 31.4 Å². The number of barbiturate groups is 1. The largest absolute Gasteiger partial charge is 0.504 e. The molecule has 2 aromatic carbocycles. The third-order valence-electron chi connectivity index (χ3n) is 4.26. The molecule has 0 saturated carbocycles. The number of carbonyl (C=O) groups excluding carboxylic acids is 3. The smallest absolute Gasteiger partial charge is 0.335 e. The van der Waals surface area contributed by atoms with Crippen molar-refractivity contribution >= 4 is 29.6 Å². The fraction of sp³-hybridized carbons (Fsp3) is 0.0952. The highest BCUT2D eigenvalue weighted by molar-refractivity contribution is 6.39. The fourth-order valence-electron chi connectivity index (χ4n) is 2.89. The Balaban J connectivity index is 2.06. The van der Waals surface area contributed by atoms with E-state index in [0.717, 1.165) is 17.0 Å². The second-order valence-electron chi connectivity index (χ2n) is 6.16. The lowest BCUT2D eigenvalue weighted by atomic mass is 10.0. The minimum Gasteiger partial charge on any atom is -0.504 e. The number of nitrogens with one attached hydrogen (secondary N) is 1. The van der Waals surface area contributed by atoms with Gasteiger partial charge in [0.25, 0.3) is 11.8 Å². The highest BCUT2D eigenvalue weighted by atomic mass is 19.1. The number of aromatic hydroxyl groups is 1. The average Bonchev–Trinajstić information content (AvgIpc) is 2.68. The van der Waals surface area contributed by atoms with Crippen molar-refractivity contribution in [1.29, 1.82) is 0 Å². The summed E-state index contributed by atoms with van der Waals surface area (Å²) in [6, 6.07) is 6.81. The molecule has 0 aliphatic carbocycles. The summed E-state index contributed by atoms with van der Waals surface area (Å²) >= 11 is 0. The molecule has 0 spiro atoms. The standard InChI is InChI=1S/C21H17FN2O5/c1-3-4-13-9-12(11-17(29-2)18(13)25)10-16-19(26)23-21(28)24(20(16)27)15-7-5-14(22)6-8-15/h3,5-11,25H,1,4H2,2H3,(H,23,26,28). The first-order chi connectivity index (χ1) is 13.8. The quantitative estimate of drug-likeness (QED) is 0.460. The molecule has 2 aromatic rings. The van der Waals surface area contributed by atoms with Gasteiger partial charge in [0.15, 0.2) is 11.5 Å². The van der Waals surface area contributed by atoms with E-state index in [1.54, 1.807) is 12.1 Å². The fourth-order valence-corrected chi connectivity index (χ4v) is 2.89. The molecule has 29 heavy (non-hydrogen) atoms. The lowest BCUT2D eigenvalue weighted by Gasteiger charge is -2.26. The van der Waals surface area contributed by atoms with E-state index in [1.807, 2.05) is 0 Å². The number of ether oxygens (including phenoxy) is 1. The summed E-state index contributed by atoms with van der Waals surface area (Å²) in [7, 11) is 1.37. The van der Waals surface area contributed by atoms with Crippen LogP contribution in [0.4, 0.5) is 14.9 Å². The van der Waals surface area contributed by atoms with Gasteiger partial charge in [0.2, 0.25) is 0 Å². The molecule has 0 bridgehead atoms. The number of phenolic OH excluding ortho intramolecular Hbond substituents is 1. The number of rotatable bonds is 5. The van der Waals surface area contributed by atoms with E-state index < -0.39 is 23.7 Å². The van der Waals surface area contributed by atoms with Crippen molar-refractivity contribution in [2.75, 3.05) is 12.0 Å². The molecule has 0 radical (unpaired) electrons. The van der Waals surface area contributed by atoms with Crippen molar-refractivity contribution < 1.29 is 28.6 Å². The molecule has 2 N–H and O–H groups in total. The molecule has 7 nitrogen and oxygen atoms in total. The maximum absolute atomic E-state index is 13.2. The summed E-state index contributed by atoms with van der Waals surface area (Å²) in [4.78, 5) is 38.0. The summed E-state index contributed by atoms with van der Waals surface area (Å²) in [6.07, 6.45) is 3.20. The van der Waals surface area contributed by atoms with Gasteiger partial charge in [0.1, 0.15) is 11.4 Å². The summed E-state index contributed by atoms with van der Waals surface area (Å²) < 4.78 is 18.3. The highest BCUT2D eigenvalue weighted by Crippen LogP contribution is 2.33. The monoisotopic (exact) mass is 396 g/mol. The van der Waals surface area contributed by atoms with Gasteiger partial charge in [-0.05, 0) is 54.5 Å². The highest BCUT2D eigenvalue weighted by Gasteiger charge is 2.36.